The fourth-order valence-corrected chi connectivity index (χ4v) is 1.86. The minimum Gasteiger partial charge on any atom is -0.395 e. The lowest BCUT2D eigenvalue weighted by Crippen LogP contribution is -2.46. The van der Waals surface area contributed by atoms with Crippen molar-refractivity contribution in [3.8, 4) is 11.5 Å². The van der Waals surface area contributed by atoms with E-state index >= 15 is 0 Å². The molecule has 0 fully saturated rings. The number of rotatable bonds is 7. The van der Waals surface area contributed by atoms with Crippen molar-refractivity contribution in [1.82, 2.24) is 0 Å². The highest BCUT2D eigenvalue weighted by molar-refractivity contribution is 5.66. The van der Waals surface area contributed by atoms with Gasteiger partial charge < -0.3 is 40.1 Å². The summed E-state index contributed by atoms with van der Waals surface area (Å²) in [6, 6.07) is 17.6. The lowest BCUT2D eigenvalue weighted by Gasteiger charge is -2.24. The molecule has 0 aliphatic heterocycles. The van der Waals surface area contributed by atoms with Gasteiger partial charge in [-0.25, -0.2) is 4.79 Å². The topological polar surface area (TPSA) is 157 Å². The normalized spacial score (nSPS) is 14.6. The first-order valence-corrected chi connectivity index (χ1v) is 8.32. The fraction of sp³-hybridized carbons (Fsp3) is 0.316. The third kappa shape index (κ3) is 8.44. The van der Waals surface area contributed by atoms with Gasteiger partial charge in [0.15, 0.2) is 0 Å². The predicted octanol–water partition coefficient (Wildman–Crippen LogP) is -0.321. The molecule has 0 heterocycles. The Balaban J connectivity index is 0.000000295. The predicted molar refractivity (Wildman–Crippen MR) is 97.7 cm³/mol. The summed E-state index contributed by atoms with van der Waals surface area (Å²) in [5.74, 6) is 0.923. The molecule has 0 bridgehead atoms. The monoisotopic (exact) mass is 396 g/mol. The molecule has 154 valence electrons. The van der Waals surface area contributed by atoms with Gasteiger partial charge in [-0.2, -0.15) is 0 Å². The van der Waals surface area contributed by atoms with Gasteiger partial charge in [0.25, 0.3) is 0 Å². The van der Waals surface area contributed by atoms with E-state index in [4.69, 9.17) is 40.1 Å². The van der Waals surface area contributed by atoms with Crippen molar-refractivity contribution in [2.75, 3.05) is 13.2 Å². The Hall–Kier alpha value is -2.53. The molecule has 0 aliphatic carbocycles. The molecule has 9 heteroatoms. The van der Waals surface area contributed by atoms with E-state index in [2.05, 4.69) is 0 Å². The Morgan fingerprint density at radius 3 is 1.29 bits per heavy atom. The highest BCUT2D eigenvalue weighted by Gasteiger charge is 2.29. The first-order chi connectivity index (χ1) is 13.4. The van der Waals surface area contributed by atoms with Gasteiger partial charge >= 0.3 is 6.16 Å². The zero-order valence-corrected chi connectivity index (χ0v) is 14.9. The van der Waals surface area contributed by atoms with Crippen LogP contribution in [0.4, 0.5) is 4.79 Å². The van der Waals surface area contributed by atoms with Crippen LogP contribution in [0, 0.1) is 0 Å². The van der Waals surface area contributed by atoms with Gasteiger partial charge in [-0.05, 0) is 24.3 Å². The van der Waals surface area contributed by atoms with Crippen molar-refractivity contribution in [1.29, 1.82) is 0 Å². The van der Waals surface area contributed by atoms with Crippen LogP contribution in [0.25, 0.3) is 0 Å². The lowest BCUT2D eigenvalue weighted by molar-refractivity contribution is -0.123. The highest BCUT2D eigenvalue weighted by atomic mass is 16.7. The second-order valence-corrected chi connectivity index (χ2v) is 5.56. The van der Waals surface area contributed by atoms with Crippen LogP contribution in [0.3, 0.4) is 0 Å². The number of ether oxygens (including phenoxy) is 2. The summed E-state index contributed by atoms with van der Waals surface area (Å²) in [5, 5.41) is 52.2. The Morgan fingerprint density at radius 1 is 0.679 bits per heavy atom. The molecule has 2 rings (SSSR count). The first-order valence-electron chi connectivity index (χ1n) is 8.32. The van der Waals surface area contributed by atoms with Crippen molar-refractivity contribution in [3.05, 3.63) is 60.7 Å². The summed E-state index contributed by atoms with van der Waals surface area (Å²) in [5.41, 5.74) is 0. The second-order valence-electron chi connectivity index (χ2n) is 5.56. The average molecular weight is 396 g/mol. The van der Waals surface area contributed by atoms with Crippen LogP contribution in [0.15, 0.2) is 60.7 Å². The van der Waals surface area contributed by atoms with Crippen molar-refractivity contribution >= 4 is 6.16 Å². The third-order valence-corrected chi connectivity index (χ3v) is 3.40. The SMILES string of the molecule is O=C(Oc1ccccc1)Oc1ccccc1.OCC(O)C(O)C(O)C(O)CO. The molecule has 0 amide bonds. The number of hydrogen-bond donors (Lipinski definition) is 6. The van der Waals surface area contributed by atoms with E-state index in [0.717, 1.165) is 0 Å². The molecule has 0 saturated heterocycles. The molecule has 2 aromatic rings. The molecule has 0 aromatic heterocycles. The van der Waals surface area contributed by atoms with E-state index in [0.29, 0.717) is 11.5 Å². The Kier molecular flexibility index (Phi) is 10.7. The molecular formula is C19H24O9. The quantitative estimate of drug-likeness (QED) is 0.273. The second kappa shape index (κ2) is 12.8. The Labute approximate surface area is 161 Å². The summed E-state index contributed by atoms with van der Waals surface area (Å²) in [4.78, 5) is 11.3. The number of aliphatic hydroxyl groups excluding tert-OH is 6. The Morgan fingerprint density at radius 2 is 1.00 bits per heavy atom. The average Bonchev–Trinajstić information content (AvgIpc) is 2.73. The highest BCUT2D eigenvalue weighted by Crippen LogP contribution is 2.12. The number of aliphatic hydroxyl groups is 6. The minimum atomic E-state index is -1.67. The fourth-order valence-electron chi connectivity index (χ4n) is 1.86. The van der Waals surface area contributed by atoms with Gasteiger partial charge in [-0.1, -0.05) is 36.4 Å². The van der Waals surface area contributed by atoms with E-state index in [1.165, 1.54) is 0 Å². The largest absolute Gasteiger partial charge is 0.519 e. The summed E-state index contributed by atoms with van der Waals surface area (Å²) in [7, 11) is 0. The van der Waals surface area contributed by atoms with Gasteiger partial charge in [-0.15, -0.1) is 0 Å². The van der Waals surface area contributed by atoms with E-state index in [1.807, 2.05) is 12.1 Å². The van der Waals surface area contributed by atoms with E-state index in [9.17, 15) is 4.79 Å². The van der Waals surface area contributed by atoms with Crippen LogP contribution in [0.5, 0.6) is 11.5 Å². The van der Waals surface area contributed by atoms with E-state index in [-0.39, 0.29) is 0 Å². The molecule has 2 aromatic carbocycles. The van der Waals surface area contributed by atoms with Gasteiger partial charge in [-0.3, -0.25) is 0 Å². The summed E-state index contributed by atoms with van der Waals surface area (Å²) < 4.78 is 9.91. The van der Waals surface area contributed by atoms with Crippen molar-refractivity contribution in [3.63, 3.8) is 0 Å². The number of carbonyl (C=O) groups excluding carboxylic acids is 1. The molecule has 4 unspecified atom stereocenters. The van der Waals surface area contributed by atoms with Gasteiger partial charge in [0.1, 0.15) is 35.9 Å². The van der Waals surface area contributed by atoms with Crippen LogP contribution in [0.2, 0.25) is 0 Å². The van der Waals surface area contributed by atoms with Gasteiger partial charge in [0.05, 0.1) is 13.2 Å². The van der Waals surface area contributed by atoms with E-state index < -0.39 is 43.8 Å². The smallest absolute Gasteiger partial charge is 0.395 e. The van der Waals surface area contributed by atoms with Gasteiger partial charge in [0.2, 0.25) is 0 Å². The van der Waals surface area contributed by atoms with Crippen molar-refractivity contribution < 1.29 is 44.9 Å². The number of carbonyl (C=O) groups is 1. The van der Waals surface area contributed by atoms with Gasteiger partial charge in [0, 0.05) is 0 Å². The van der Waals surface area contributed by atoms with E-state index in [1.54, 1.807) is 48.5 Å². The molecule has 28 heavy (non-hydrogen) atoms. The van der Waals surface area contributed by atoms with Crippen LogP contribution in [-0.4, -0.2) is 74.4 Å². The summed E-state index contributed by atoms with van der Waals surface area (Å²) in [6.07, 6.45) is -7.13. The molecule has 9 nitrogen and oxygen atoms in total. The molecule has 0 spiro atoms. The maximum absolute atomic E-state index is 11.3. The Bertz CT molecular complexity index is 608. The number of hydrogen-bond acceptors (Lipinski definition) is 9. The maximum Gasteiger partial charge on any atom is 0.519 e. The van der Waals surface area contributed by atoms with Crippen LogP contribution in [-0.2, 0) is 0 Å². The van der Waals surface area contributed by atoms with Crippen molar-refractivity contribution in [2.24, 2.45) is 0 Å². The molecule has 4 atom stereocenters. The number of para-hydroxylation sites is 2. The van der Waals surface area contributed by atoms with Crippen LogP contribution in [0.1, 0.15) is 0 Å². The first kappa shape index (κ1) is 23.5. The lowest BCUT2D eigenvalue weighted by atomic mass is 10.0. The zero-order chi connectivity index (χ0) is 20.9. The minimum absolute atomic E-state index is 0.462. The molecule has 0 aliphatic rings. The van der Waals surface area contributed by atoms with Crippen LogP contribution >= 0.6 is 0 Å². The zero-order valence-electron chi connectivity index (χ0n) is 14.9. The molecule has 0 radical (unpaired) electrons. The molecule has 6 N–H and O–H groups in total. The molecule has 0 saturated carbocycles. The van der Waals surface area contributed by atoms with Crippen LogP contribution < -0.4 is 9.47 Å². The summed E-state index contributed by atoms with van der Waals surface area (Å²) >= 11 is 0. The summed E-state index contributed by atoms with van der Waals surface area (Å²) in [6.45, 7) is -1.45. The molecular weight excluding hydrogens is 372 g/mol. The third-order valence-electron chi connectivity index (χ3n) is 3.40. The number of benzene rings is 2. The standard InChI is InChI=1S/C13H10O3.C6H14O6/c14-13(15-11-7-3-1-4-8-11)16-12-9-5-2-6-10-12;7-1-3(9)5(11)6(12)4(10)2-8/h1-10H;3-12H,1-2H2. The van der Waals surface area contributed by atoms with Crippen molar-refractivity contribution in [2.45, 2.75) is 24.4 Å². The maximum atomic E-state index is 11.3.